The highest BCUT2D eigenvalue weighted by Gasteiger charge is 2.09. The molecule has 0 aliphatic carbocycles. The topological polar surface area (TPSA) is 12.4 Å². The van der Waals surface area contributed by atoms with E-state index in [-0.39, 0.29) is 0 Å². The van der Waals surface area contributed by atoms with Gasteiger partial charge in [0.15, 0.2) is 0 Å². The zero-order valence-corrected chi connectivity index (χ0v) is 8.70. The Morgan fingerprint density at radius 1 is 1.36 bits per heavy atom. The molecule has 14 heavy (non-hydrogen) atoms. The van der Waals surface area contributed by atoms with Crippen LogP contribution < -0.4 is 0 Å². The molecular formula is C13H15N. The van der Waals surface area contributed by atoms with Gasteiger partial charge in [-0.2, -0.15) is 0 Å². The molecule has 0 spiro atoms. The first kappa shape index (κ1) is 9.20. The van der Waals surface area contributed by atoms with Crippen molar-refractivity contribution in [2.24, 2.45) is 4.99 Å². The number of nitrogens with zero attached hydrogens (tertiary/aromatic N) is 1. The lowest BCUT2D eigenvalue weighted by Gasteiger charge is -2.01. The van der Waals surface area contributed by atoms with Crippen LogP contribution in [0.5, 0.6) is 0 Å². The van der Waals surface area contributed by atoms with Gasteiger partial charge < -0.3 is 0 Å². The number of aryl methyl sites for hydroxylation is 1. The second-order valence-corrected chi connectivity index (χ2v) is 3.72. The maximum absolute atomic E-state index is 4.62. The van der Waals surface area contributed by atoms with E-state index in [9.17, 15) is 0 Å². The average molecular weight is 185 g/mol. The summed E-state index contributed by atoms with van der Waals surface area (Å²) >= 11 is 0. The monoisotopic (exact) mass is 185 g/mol. The van der Waals surface area contributed by atoms with Gasteiger partial charge in [0.2, 0.25) is 0 Å². The van der Waals surface area contributed by atoms with Gasteiger partial charge in [0.05, 0.1) is 11.8 Å². The molecule has 1 nitrogen and oxygen atoms in total. The summed E-state index contributed by atoms with van der Waals surface area (Å²) in [5.41, 5.74) is 3.65. The Morgan fingerprint density at radius 3 is 2.86 bits per heavy atom. The van der Waals surface area contributed by atoms with E-state index in [2.05, 4.69) is 55.3 Å². The van der Waals surface area contributed by atoms with Crippen molar-refractivity contribution in [1.82, 2.24) is 0 Å². The van der Waals surface area contributed by atoms with Crippen LogP contribution in [0.1, 0.15) is 24.5 Å². The van der Waals surface area contributed by atoms with Gasteiger partial charge >= 0.3 is 0 Å². The van der Waals surface area contributed by atoms with E-state index in [0.29, 0.717) is 6.04 Å². The van der Waals surface area contributed by atoms with Crippen LogP contribution in [0.25, 0.3) is 0 Å². The molecule has 1 atom stereocenters. The average Bonchev–Trinajstić information content (AvgIpc) is 2.66. The summed E-state index contributed by atoms with van der Waals surface area (Å²) in [6.45, 7) is 4.28. The predicted molar refractivity (Wildman–Crippen MR) is 60.9 cm³/mol. The fourth-order valence-corrected chi connectivity index (χ4v) is 1.67. The van der Waals surface area contributed by atoms with Crippen LogP contribution in [0.4, 0.5) is 0 Å². The molecule has 1 aliphatic rings. The molecule has 1 heterocycles. The Balaban J connectivity index is 2.29. The highest BCUT2D eigenvalue weighted by Crippen LogP contribution is 2.14. The summed E-state index contributed by atoms with van der Waals surface area (Å²) < 4.78 is 0. The zero-order chi connectivity index (χ0) is 9.97. The molecule has 0 amide bonds. The summed E-state index contributed by atoms with van der Waals surface area (Å²) in [6.07, 6.45) is 5.40. The zero-order valence-electron chi connectivity index (χ0n) is 8.70. The first-order chi connectivity index (χ1) is 6.79. The minimum absolute atomic E-state index is 0.394. The second-order valence-electron chi connectivity index (χ2n) is 3.72. The van der Waals surface area contributed by atoms with Crippen molar-refractivity contribution in [2.45, 2.75) is 26.3 Å². The molecule has 0 bridgehead atoms. The molecule has 0 saturated heterocycles. The van der Waals surface area contributed by atoms with Gasteiger partial charge in [-0.25, -0.2) is 0 Å². The predicted octanol–water partition coefficient (Wildman–Crippen LogP) is 3.13. The van der Waals surface area contributed by atoms with Gasteiger partial charge in [-0.3, -0.25) is 4.99 Å². The number of benzene rings is 1. The largest absolute Gasteiger partial charge is 0.277 e. The molecule has 1 aromatic carbocycles. The van der Waals surface area contributed by atoms with Crippen LogP contribution in [-0.2, 0) is 0 Å². The van der Waals surface area contributed by atoms with Gasteiger partial charge in [-0.1, -0.05) is 36.8 Å². The molecule has 0 aromatic heterocycles. The Labute approximate surface area is 85.2 Å². The van der Waals surface area contributed by atoms with E-state index < -0.39 is 0 Å². The minimum Gasteiger partial charge on any atom is -0.277 e. The van der Waals surface area contributed by atoms with Gasteiger partial charge in [0.25, 0.3) is 0 Å². The second kappa shape index (κ2) is 3.79. The van der Waals surface area contributed by atoms with Crippen LogP contribution in [0.3, 0.4) is 0 Å². The van der Waals surface area contributed by atoms with Crippen molar-refractivity contribution in [1.29, 1.82) is 0 Å². The third-order valence-electron chi connectivity index (χ3n) is 2.51. The Morgan fingerprint density at radius 2 is 2.21 bits per heavy atom. The summed E-state index contributed by atoms with van der Waals surface area (Å²) in [5, 5.41) is 0. The lowest BCUT2D eigenvalue weighted by molar-refractivity contribution is 0.797. The Kier molecular flexibility index (Phi) is 2.49. The standard InChI is InChI=1S/C13H15N/c1-3-12-7-8-13(14-12)11-6-4-5-10(2)9-11/h4-9,12H,3H2,1-2H3/t12-/m0/s1. The summed E-state index contributed by atoms with van der Waals surface area (Å²) in [6, 6.07) is 8.89. The summed E-state index contributed by atoms with van der Waals surface area (Å²) in [4.78, 5) is 4.62. The first-order valence-electron chi connectivity index (χ1n) is 5.12. The molecule has 0 radical (unpaired) electrons. The number of hydrogen-bond donors (Lipinski definition) is 0. The molecule has 1 heteroatoms. The van der Waals surface area contributed by atoms with Crippen LogP contribution in [0, 0.1) is 6.92 Å². The number of hydrogen-bond acceptors (Lipinski definition) is 1. The highest BCUT2D eigenvalue weighted by molar-refractivity contribution is 6.10. The normalized spacial score (nSPS) is 19.9. The van der Waals surface area contributed by atoms with Crippen molar-refractivity contribution in [3.8, 4) is 0 Å². The lowest BCUT2D eigenvalue weighted by Crippen LogP contribution is -1.97. The van der Waals surface area contributed by atoms with E-state index in [4.69, 9.17) is 0 Å². The van der Waals surface area contributed by atoms with Crippen molar-refractivity contribution < 1.29 is 0 Å². The van der Waals surface area contributed by atoms with Crippen molar-refractivity contribution in [3.63, 3.8) is 0 Å². The Hall–Kier alpha value is -1.37. The quantitative estimate of drug-likeness (QED) is 0.671. The molecule has 2 rings (SSSR count). The van der Waals surface area contributed by atoms with E-state index in [1.165, 1.54) is 11.1 Å². The number of allylic oxidation sites excluding steroid dienone is 1. The molecule has 0 fully saturated rings. The van der Waals surface area contributed by atoms with Crippen molar-refractivity contribution >= 4 is 5.71 Å². The lowest BCUT2D eigenvalue weighted by atomic mass is 10.1. The van der Waals surface area contributed by atoms with E-state index in [0.717, 1.165) is 12.1 Å². The van der Waals surface area contributed by atoms with Gasteiger partial charge in [-0.05, 0) is 31.1 Å². The minimum atomic E-state index is 0.394. The summed E-state index contributed by atoms with van der Waals surface area (Å²) in [5.74, 6) is 0. The summed E-state index contributed by atoms with van der Waals surface area (Å²) in [7, 11) is 0. The fourth-order valence-electron chi connectivity index (χ4n) is 1.67. The molecule has 1 aromatic rings. The van der Waals surface area contributed by atoms with E-state index in [1.54, 1.807) is 0 Å². The molecule has 1 aliphatic heterocycles. The Bertz CT molecular complexity index is 388. The first-order valence-corrected chi connectivity index (χ1v) is 5.12. The highest BCUT2D eigenvalue weighted by atomic mass is 14.8. The smallest absolute Gasteiger partial charge is 0.0688 e. The molecule has 72 valence electrons. The molecular weight excluding hydrogens is 170 g/mol. The van der Waals surface area contributed by atoms with Crippen LogP contribution in [0.2, 0.25) is 0 Å². The van der Waals surface area contributed by atoms with Crippen molar-refractivity contribution in [2.75, 3.05) is 0 Å². The maximum atomic E-state index is 4.62. The third kappa shape index (κ3) is 1.77. The maximum Gasteiger partial charge on any atom is 0.0688 e. The van der Waals surface area contributed by atoms with Crippen LogP contribution in [-0.4, -0.2) is 11.8 Å². The van der Waals surface area contributed by atoms with Crippen molar-refractivity contribution in [3.05, 3.63) is 47.5 Å². The number of rotatable bonds is 2. The van der Waals surface area contributed by atoms with E-state index in [1.807, 2.05) is 0 Å². The molecule has 0 N–H and O–H groups in total. The number of aliphatic imine (C=N–C) groups is 1. The SMILES string of the molecule is CC[C@H]1C=CC(c2cccc(C)c2)=N1. The molecule has 0 unspecified atom stereocenters. The van der Waals surface area contributed by atoms with Crippen LogP contribution in [0.15, 0.2) is 41.4 Å². The van der Waals surface area contributed by atoms with Crippen LogP contribution >= 0.6 is 0 Å². The third-order valence-corrected chi connectivity index (χ3v) is 2.51. The van der Waals surface area contributed by atoms with Gasteiger partial charge in [0, 0.05) is 0 Å². The van der Waals surface area contributed by atoms with Gasteiger partial charge in [0.1, 0.15) is 0 Å². The van der Waals surface area contributed by atoms with E-state index >= 15 is 0 Å². The molecule has 0 saturated carbocycles. The fraction of sp³-hybridized carbons (Fsp3) is 0.308. The van der Waals surface area contributed by atoms with Gasteiger partial charge in [-0.15, -0.1) is 0 Å².